The number of rotatable bonds is 1. The molecule has 1 fully saturated rings. The molecule has 3 nitrogen and oxygen atoms in total. The van der Waals surface area contributed by atoms with Gasteiger partial charge in [0.25, 0.3) is 0 Å². The summed E-state index contributed by atoms with van der Waals surface area (Å²) in [7, 11) is 0. The second kappa shape index (κ2) is 5.54. The van der Waals surface area contributed by atoms with Gasteiger partial charge in [0.1, 0.15) is 0 Å². The van der Waals surface area contributed by atoms with Crippen LogP contribution in [0.5, 0.6) is 0 Å². The van der Waals surface area contributed by atoms with Crippen molar-refractivity contribution in [1.29, 1.82) is 0 Å². The van der Waals surface area contributed by atoms with Gasteiger partial charge in [-0.15, -0.1) is 11.3 Å². The maximum absolute atomic E-state index is 12.5. The fourth-order valence-electron chi connectivity index (χ4n) is 2.73. The van der Waals surface area contributed by atoms with Crippen LogP contribution in [0.1, 0.15) is 51.0 Å². The molecule has 1 saturated heterocycles. The summed E-state index contributed by atoms with van der Waals surface area (Å²) >= 11 is 5.26. The fraction of sp³-hybridized carbons (Fsp3) is 0.643. The van der Waals surface area contributed by atoms with Crippen LogP contribution in [-0.2, 0) is 4.79 Å². The lowest BCUT2D eigenvalue weighted by molar-refractivity contribution is -0.138. The lowest BCUT2D eigenvalue weighted by Gasteiger charge is -2.42. The number of nitrogens with two attached hydrogens (primary N) is 1. The first-order valence-electron chi connectivity index (χ1n) is 6.63. The Bertz CT molecular complexity index is 466. The molecule has 1 aromatic heterocycles. The van der Waals surface area contributed by atoms with E-state index in [2.05, 4.69) is 36.7 Å². The third-order valence-electron chi connectivity index (χ3n) is 3.52. The van der Waals surface area contributed by atoms with Gasteiger partial charge in [0.2, 0.25) is 5.91 Å². The van der Waals surface area contributed by atoms with E-state index in [0.717, 1.165) is 22.2 Å². The van der Waals surface area contributed by atoms with E-state index >= 15 is 0 Å². The highest BCUT2D eigenvalue weighted by molar-refractivity contribution is 9.10. The minimum atomic E-state index is -0.215. The molecule has 0 saturated carbocycles. The van der Waals surface area contributed by atoms with E-state index in [1.807, 2.05) is 16.3 Å². The summed E-state index contributed by atoms with van der Waals surface area (Å²) in [5.41, 5.74) is 6.17. The molecule has 2 rings (SSSR count). The fourth-order valence-corrected chi connectivity index (χ4v) is 4.51. The van der Waals surface area contributed by atoms with Crippen LogP contribution in [0.25, 0.3) is 0 Å². The molecule has 0 aliphatic carbocycles. The van der Waals surface area contributed by atoms with Crippen LogP contribution in [-0.4, -0.2) is 22.4 Å². The topological polar surface area (TPSA) is 46.3 Å². The highest BCUT2D eigenvalue weighted by Gasteiger charge is 2.40. The zero-order valence-electron chi connectivity index (χ0n) is 11.6. The molecular weight excluding hydrogens is 324 g/mol. The molecule has 0 radical (unpaired) electrons. The molecule has 2 heterocycles. The minimum absolute atomic E-state index is 0.000579. The maximum Gasteiger partial charge on any atom is 0.223 e. The van der Waals surface area contributed by atoms with Crippen molar-refractivity contribution in [1.82, 2.24) is 4.90 Å². The molecule has 2 atom stereocenters. The van der Waals surface area contributed by atoms with Crippen molar-refractivity contribution in [2.75, 3.05) is 0 Å². The quantitative estimate of drug-likeness (QED) is 0.844. The van der Waals surface area contributed by atoms with Gasteiger partial charge < -0.3 is 10.6 Å². The van der Waals surface area contributed by atoms with Crippen LogP contribution in [0.2, 0.25) is 0 Å². The summed E-state index contributed by atoms with van der Waals surface area (Å²) in [4.78, 5) is 15.6. The second-order valence-electron chi connectivity index (χ2n) is 6.07. The van der Waals surface area contributed by atoms with Crippen LogP contribution >= 0.6 is 27.3 Å². The second-order valence-corrected chi connectivity index (χ2v) is 7.87. The molecule has 19 heavy (non-hydrogen) atoms. The number of hydrogen-bond acceptors (Lipinski definition) is 3. The number of halogens is 1. The van der Waals surface area contributed by atoms with Gasteiger partial charge in [0.05, 0.1) is 6.04 Å². The Morgan fingerprint density at radius 2 is 2.16 bits per heavy atom. The van der Waals surface area contributed by atoms with Gasteiger partial charge in [-0.25, -0.2) is 0 Å². The van der Waals surface area contributed by atoms with E-state index in [-0.39, 0.29) is 23.5 Å². The van der Waals surface area contributed by atoms with Gasteiger partial charge in [-0.1, -0.05) is 0 Å². The summed E-state index contributed by atoms with van der Waals surface area (Å²) < 4.78 is 1.06. The van der Waals surface area contributed by atoms with Gasteiger partial charge in [-0.2, -0.15) is 0 Å². The Labute approximate surface area is 127 Å². The molecule has 1 amide bonds. The van der Waals surface area contributed by atoms with Crippen molar-refractivity contribution in [3.8, 4) is 0 Å². The number of carbonyl (C=O) groups excluding carboxylic acids is 1. The highest BCUT2D eigenvalue weighted by Crippen LogP contribution is 2.40. The number of carbonyl (C=O) groups is 1. The average molecular weight is 345 g/mol. The third-order valence-corrected chi connectivity index (χ3v) is 5.46. The normalized spacial score (nSPS) is 25.5. The molecule has 1 aliphatic rings. The molecule has 0 spiro atoms. The summed E-state index contributed by atoms with van der Waals surface area (Å²) in [5, 5.41) is 2.04. The van der Waals surface area contributed by atoms with Crippen molar-refractivity contribution in [3.05, 3.63) is 20.8 Å². The summed E-state index contributed by atoms with van der Waals surface area (Å²) in [6.07, 6.45) is 2.38. The first-order valence-corrected chi connectivity index (χ1v) is 8.30. The minimum Gasteiger partial charge on any atom is -0.328 e. The van der Waals surface area contributed by atoms with E-state index in [0.29, 0.717) is 6.42 Å². The predicted octanol–water partition coefficient (Wildman–Crippen LogP) is 3.69. The molecule has 5 heteroatoms. The summed E-state index contributed by atoms with van der Waals surface area (Å²) in [5.74, 6) is 0.214. The average Bonchev–Trinajstić information content (AvgIpc) is 2.62. The molecule has 0 bridgehead atoms. The Morgan fingerprint density at radius 1 is 1.47 bits per heavy atom. The Morgan fingerprint density at radius 3 is 2.68 bits per heavy atom. The first-order chi connectivity index (χ1) is 8.82. The van der Waals surface area contributed by atoms with Crippen LogP contribution in [0.4, 0.5) is 0 Å². The number of hydrogen-bond donors (Lipinski definition) is 1. The highest BCUT2D eigenvalue weighted by atomic mass is 79.9. The molecule has 1 aliphatic heterocycles. The van der Waals surface area contributed by atoms with Gasteiger partial charge in [0, 0.05) is 27.4 Å². The van der Waals surface area contributed by atoms with Crippen molar-refractivity contribution >= 4 is 33.2 Å². The van der Waals surface area contributed by atoms with Crippen LogP contribution in [0.15, 0.2) is 15.9 Å². The molecule has 2 N–H and O–H groups in total. The Kier molecular flexibility index (Phi) is 4.38. The number of nitrogens with zero attached hydrogens (tertiary/aromatic N) is 1. The summed E-state index contributed by atoms with van der Waals surface area (Å²) in [6.45, 7) is 6.24. The third kappa shape index (κ3) is 3.03. The monoisotopic (exact) mass is 344 g/mol. The van der Waals surface area contributed by atoms with Crippen LogP contribution in [0.3, 0.4) is 0 Å². The molecule has 106 valence electrons. The zero-order chi connectivity index (χ0) is 14.2. The van der Waals surface area contributed by atoms with Crippen LogP contribution in [0, 0.1) is 0 Å². The molecule has 1 aromatic rings. The van der Waals surface area contributed by atoms with Gasteiger partial charge >= 0.3 is 0 Å². The smallest absolute Gasteiger partial charge is 0.223 e. The van der Waals surface area contributed by atoms with E-state index < -0.39 is 0 Å². The Hall–Kier alpha value is -0.390. The zero-order valence-corrected chi connectivity index (χ0v) is 14.1. The predicted molar refractivity (Wildman–Crippen MR) is 83.2 cm³/mol. The SMILES string of the molecule is CC(C)(C)N1C(=O)CCCC(N)C1c1sccc1Br. The summed E-state index contributed by atoms with van der Waals surface area (Å²) in [6, 6.07) is 2.01. The number of thiophene rings is 1. The van der Waals surface area contributed by atoms with E-state index in [1.165, 1.54) is 0 Å². The van der Waals surface area contributed by atoms with Gasteiger partial charge in [0.15, 0.2) is 0 Å². The lowest BCUT2D eigenvalue weighted by Crippen LogP contribution is -2.51. The van der Waals surface area contributed by atoms with Crippen LogP contribution < -0.4 is 5.73 Å². The molecule has 0 aromatic carbocycles. The first kappa shape index (κ1) is 15.0. The molecular formula is C14H21BrN2OS. The van der Waals surface area contributed by atoms with Crippen molar-refractivity contribution in [2.45, 2.75) is 57.7 Å². The van der Waals surface area contributed by atoms with Crippen molar-refractivity contribution < 1.29 is 4.79 Å². The largest absolute Gasteiger partial charge is 0.328 e. The Balaban J connectivity index is 2.49. The van der Waals surface area contributed by atoms with Gasteiger partial charge in [-0.05, 0) is 61.0 Å². The van der Waals surface area contributed by atoms with E-state index in [1.54, 1.807) is 11.3 Å². The van der Waals surface area contributed by atoms with Crippen molar-refractivity contribution in [3.63, 3.8) is 0 Å². The standard InChI is InChI=1S/C14H21BrN2OS/c1-14(2,3)17-11(18)6-4-5-10(16)12(17)13-9(15)7-8-19-13/h7-8,10,12H,4-6,16H2,1-3H3. The molecule has 2 unspecified atom stereocenters. The van der Waals surface area contributed by atoms with Crippen molar-refractivity contribution in [2.24, 2.45) is 5.73 Å². The number of likely N-dealkylation sites (tertiary alicyclic amines) is 1. The van der Waals surface area contributed by atoms with E-state index in [4.69, 9.17) is 5.73 Å². The lowest BCUT2D eigenvalue weighted by atomic mass is 9.97. The van der Waals surface area contributed by atoms with E-state index in [9.17, 15) is 4.79 Å². The number of amides is 1. The van der Waals surface area contributed by atoms with Gasteiger partial charge in [-0.3, -0.25) is 4.79 Å². The maximum atomic E-state index is 12.5.